The van der Waals surface area contributed by atoms with Crippen LogP contribution < -0.4 is 0 Å². The summed E-state index contributed by atoms with van der Waals surface area (Å²) in [6.07, 6.45) is -4.67. The average molecular weight is 246 g/mol. The van der Waals surface area contributed by atoms with Crippen molar-refractivity contribution >= 4 is 16.1 Å². The van der Waals surface area contributed by atoms with Crippen LogP contribution in [0.25, 0.3) is 0 Å². The molecule has 0 aliphatic carbocycles. The minimum Gasteiger partial charge on any atom is -0.273 e. The van der Waals surface area contributed by atoms with Crippen LogP contribution in [0.5, 0.6) is 0 Å². The lowest BCUT2D eigenvalue weighted by atomic mass is 10.0. The Hall–Kier alpha value is -0.830. The number of carbonyl (C=O) groups excluding carboxylic acids is 1. The number of carbonyl (C=O) groups is 1. The molecule has 1 saturated heterocycles. The molecule has 0 aromatic heterocycles. The van der Waals surface area contributed by atoms with Gasteiger partial charge in [-0.25, -0.2) is 4.31 Å². The van der Waals surface area contributed by atoms with E-state index in [0.717, 1.165) is 14.1 Å². The molecule has 5 nitrogen and oxygen atoms in total. The number of amides is 1. The van der Waals surface area contributed by atoms with E-state index in [2.05, 4.69) is 0 Å². The van der Waals surface area contributed by atoms with Crippen LogP contribution in [0.2, 0.25) is 0 Å². The van der Waals surface area contributed by atoms with Crippen molar-refractivity contribution in [1.82, 2.24) is 8.61 Å². The van der Waals surface area contributed by atoms with Gasteiger partial charge in [-0.2, -0.15) is 25.9 Å². The fourth-order valence-electron chi connectivity index (χ4n) is 1.04. The summed E-state index contributed by atoms with van der Waals surface area (Å²) in [6.45, 7) is -0.831. The number of rotatable bonds is 2. The molecule has 88 valence electrons. The molecular weight excluding hydrogens is 237 g/mol. The number of alkyl halides is 3. The Labute approximate surface area is 84.6 Å². The second-order valence-corrected chi connectivity index (χ2v) is 5.32. The lowest BCUT2D eigenvalue weighted by molar-refractivity contribution is -0.204. The second kappa shape index (κ2) is 3.34. The number of hydrogen-bond acceptors (Lipinski definition) is 3. The molecule has 1 unspecified atom stereocenters. The Morgan fingerprint density at radius 3 is 2.13 bits per heavy atom. The van der Waals surface area contributed by atoms with E-state index >= 15 is 0 Å². The van der Waals surface area contributed by atoms with E-state index in [1.54, 1.807) is 0 Å². The van der Waals surface area contributed by atoms with E-state index in [9.17, 15) is 26.4 Å². The van der Waals surface area contributed by atoms with Gasteiger partial charge >= 0.3 is 16.4 Å². The Balaban J connectivity index is 2.81. The predicted octanol–water partition coefficient (Wildman–Crippen LogP) is -0.186. The third kappa shape index (κ3) is 1.93. The molecule has 9 heteroatoms. The normalized spacial score (nSPS) is 23.2. The third-order valence-corrected chi connectivity index (χ3v) is 3.84. The lowest BCUT2D eigenvalue weighted by Crippen LogP contribution is -2.62. The molecule has 1 aliphatic rings. The zero-order valence-corrected chi connectivity index (χ0v) is 8.76. The van der Waals surface area contributed by atoms with Crippen molar-refractivity contribution in [3.8, 4) is 0 Å². The van der Waals surface area contributed by atoms with Crippen molar-refractivity contribution < 1.29 is 26.4 Å². The molecule has 0 saturated carbocycles. The Bertz CT molecular complexity index is 376. The topological polar surface area (TPSA) is 57.7 Å². The van der Waals surface area contributed by atoms with Crippen LogP contribution in [-0.2, 0) is 15.0 Å². The fraction of sp³-hybridized carbons (Fsp3) is 0.833. The van der Waals surface area contributed by atoms with E-state index in [4.69, 9.17) is 0 Å². The van der Waals surface area contributed by atoms with Gasteiger partial charge in [-0.15, -0.1) is 0 Å². The number of β-lactam (4-membered cyclic amide) rings is 1. The molecule has 0 bridgehead atoms. The van der Waals surface area contributed by atoms with Crippen molar-refractivity contribution in [3.05, 3.63) is 0 Å². The quantitative estimate of drug-likeness (QED) is 0.635. The number of nitrogens with zero attached hydrogens (tertiary/aromatic N) is 2. The zero-order valence-electron chi connectivity index (χ0n) is 7.95. The minimum absolute atomic E-state index is 0.213. The van der Waals surface area contributed by atoms with Crippen LogP contribution in [0.15, 0.2) is 0 Å². The lowest BCUT2D eigenvalue weighted by Gasteiger charge is -2.38. The van der Waals surface area contributed by atoms with Gasteiger partial charge in [0.1, 0.15) is 0 Å². The smallest absolute Gasteiger partial charge is 0.273 e. The molecule has 0 aromatic rings. The first-order chi connectivity index (χ1) is 6.58. The summed E-state index contributed by atoms with van der Waals surface area (Å²) in [4.78, 5) is 11.0. The maximum atomic E-state index is 12.1. The van der Waals surface area contributed by atoms with E-state index in [-0.39, 0.29) is 4.31 Å². The second-order valence-electron chi connectivity index (χ2n) is 3.25. The van der Waals surface area contributed by atoms with Crippen molar-refractivity contribution in [1.29, 1.82) is 0 Å². The monoisotopic (exact) mass is 246 g/mol. The van der Waals surface area contributed by atoms with Crippen LogP contribution in [0.4, 0.5) is 13.2 Å². The van der Waals surface area contributed by atoms with E-state index in [1.165, 1.54) is 0 Å². The van der Waals surface area contributed by atoms with Crippen LogP contribution in [-0.4, -0.2) is 49.8 Å². The van der Waals surface area contributed by atoms with Crippen LogP contribution in [0.3, 0.4) is 0 Å². The van der Waals surface area contributed by atoms with E-state index in [1.807, 2.05) is 0 Å². The molecule has 1 aliphatic heterocycles. The van der Waals surface area contributed by atoms with Crippen LogP contribution >= 0.6 is 0 Å². The van der Waals surface area contributed by atoms with Gasteiger partial charge < -0.3 is 0 Å². The maximum absolute atomic E-state index is 12.1. The van der Waals surface area contributed by atoms with Gasteiger partial charge in [0.2, 0.25) is 0 Å². The summed E-state index contributed by atoms with van der Waals surface area (Å²) in [6, 6.07) is 0. The molecule has 0 N–H and O–H groups in total. The van der Waals surface area contributed by atoms with Crippen LogP contribution in [0.1, 0.15) is 0 Å². The summed E-state index contributed by atoms with van der Waals surface area (Å²) in [5.74, 6) is -3.61. The summed E-state index contributed by atoms with van der Waals surface area (Å²) in [7, 11) is -1.78. The molecule has 0 aromatic carbocycles. The van der Waals surface area contributed by atoms with Gasteiger partial charge in [-0.3, -0.25) is 4.79 Å². The van der Waals surface area contributed by atoms with Gasteiger partial charge in [0, 0.05) is 14.1 Å². The first-order valence-corrected chi connectivity index (χ1v) is 5.29. The molecule has 1 atom stereocenters. The van der Waals surface area contributed by atoms with E-state index < -0.39 is 34.8 Å². The number of hydrogen-bond donors (Lipinski definition) is 0. The van der Waals surface area contributed by atoms with Gasteiger partial charge in [-0.1, -0.05) is 0 Å². The standard InChI is InChI=1S/C6H9F3N2O3S/c1-10(2)15(13,14)11-3-4(5(11)12)6(7,8)9/h4H,3H2,1-2H3. The molecular formula is C6H9F3N2O3S. The first kappa shape index (κ1) is 12.2. The van der Waals surface area contributed by atoms with Crippen molar-refractivity contribution in [2.75, 3.05) is 20.6 Å². The molecule has 0 radical (unpaired) electrons. The highest BCUT2D eigenvalue weighted by Gasteiger charge is 2.58. The highest BCUT2D eigenvalue weighted by atomic mass is 32.2. The highest BCUT2D eigenvalue weighted by Crippen LogP contribution is 2.36. The molecule has 1 amide bonds. The predicted molar refractivity (Wildman–Crippen MR) is 43.9 cm³/mol. The van der Waals surface area contributed by atoms with Gasteiger partial charge in [0.05, 0.1) is 6.54 Å². The Morgan fingerprint density at radius 1 is 1.40 bits per heavy atom. The van der Waals surface area contributed by atoms with Crippen molar-refractivity contribution in [2.24, 2.45) is 5.92 Å². The van der Waals surface area contributed by atoms with Gasteiger partial charge in [0.15, 0.2) is 5.92 Å². The SMILES string of the molecule is CN(C)S(=O)(=O)N1CC(C(F)(F)F)C1=O. The molecule has 1 fully saturated rings. The largest absolute Gasteiger partial charge is 0.402 e. The van der Waals surface area contributed by atoms with Gasteiger partial charge in [0.25, 0.3) is 5.91 Å². The first-order valence-electron chi connectivity index (χ1n) is 3.89. The Kier molecular flexibility index (Phi) is 2.72. The fourth-order valence-corrected chi connectivity index (χ4v) is 2.13. The molecule has 1 rings (SSSR count). The van der Waals surface area contributed by atoms with Crippen molar-refractivity contribution in [3.63, 3.8) is 0 Å². The molecule has 15 heavy (non-hydrogen) atoms. The van der Waals surface area contributed by atoms with Crippen molar-refractivity contribution in [2.45, 2.75) is 6.18 Å². The minimum atomic E-state index is -4.67. The molecule has 1 heterocycles. The highest BCUT2D eigenvalue weighted by molar-refractivity contribution is 7.87. The summed E-state index contributed by atoms with van der Waals surface area (Å²) in [5.41, 5.74) is 0. The summed E-state index contributed by atoms with van der Waals surface area (Å²) in [5, 5.41) is 0. The van der Waals surface area contributed by atoms with E-state index in [0.29, 0.717) is 4.31 Å². The zero-order chi connectivity index (χ0) is 12.0. The Morgan fingerprint density at radius 2 is 1.87 bits per heavy atom. The summed E-state index contributed by atoms with van der Waals surface area (Å²) < 4.78 is 59.6. The summed E-state index contributed by atoms with van der Waals surface area (Å²) >= 11 is 0. The maximum Gasteiger partial charge on any atom is 0.402 e. The van der Waals surface area contributed by atoms with Gasteiger partial charge in [-0.05, 0) is 0 Å². The molecule has 0 spiro atoms. The number of halogens is 3. The average Bonchev–Trinajstić information content (AvgIpc) is 1.97. The van der Waals surface area contributed by atoms with Crippen LogP contribution in [0, 0.1) is 5.92 Å². The third-order valence-electron chi connectivity index (χ3n) is 2.03.